The zero-order chi connectivity index (χ0) is 8.55. The molecule has 12 heavy (non-hydrogen) atoms. The lowest BCUT2D eigenvalue weighted by Gasteiger charge is -1.97. The largest absolute Gasteiger partial charge is 0.278 e. The lowest BCUT2D eigenvalue weighted by atomic mass is 10.3. The fourth-order valence-corrected chi connectivity index (χ4v) is 1.43. The molecular formula is C8H8BrN3. The van der Waals surface area contributed by atoms with E-state index in [4.69, 9.17) is 0 Å². The van der Waals surface area contributed by atoms with Crippen molar-refractivity contribution in [2.45, 2.75) is 13.3 Å². The first kappa shape index (κ1) is 7.73. The number of fused-ring (bicyclic) bond motifs is 1. The second-order valence-corrected chi connectivity index (χ2v) is 3.38. The summed E-state index contributed by atoms with van der Waals surface area (Å²) >= 11 is 3.39. The van der Waals surface area contributed by atoms with Crippen LogP contribution in [0.5, 0.6) is 0 Å². The van der Waals surface area contributed by atoms with Crippen LogP contribution >= 0.6 is 15.9 Å². The van der Waals surface area contributed by atoms with Crippen LogP contribution in [0.15, 0.2) is 23.2 Å². The monoisotopic (exact) mass is 225 g/mol. The van der Waals surface area contributed by atoms with E-state index < -0.39 is 0 Å². The summed E-state index contributed by atoms with van der Waals surface area (Å²) in [4.78, 5) is 8.29. The van der Waals surface area contributed by atoms with E-state index in [1.165, 1.54) is 5.56 Å². The first-order chi connectivity index (χ1) is 5.81. The average molecular weight is 226 g/mol. The van der Waals surface area contributed by atoms with Crippen LogP contribution in [0, 0.1) is 0 Å². The second kappa shape index (κ2) is 2.86. The van der Waals surface area contributed by atoms with Crippen molar-refractivity contribution >= 4 is 21.7 Å². The number of imidazole rings is 1. The van der Waals surface area contributed by atoms with E-state index in [0.29, 0.717) is 0 Å². The third-order valence-corrected chi connectivity index (χ3v) is 2.37. The summed E-state index contributed by atoms with van der Waals surface area (Å²) in [5.74, 6) is 0.735. The third-order valence-electron chi connectivity index (χ3n) is 1.78. The lowest BCUT2D eigenvalue weighted by Crippen LogP contribution is -1.92. The Hall–Kier alpha value is -0.900. The standard InChI is InChI=1S/C8H8BrN3/c1-2-6-3-10-8-11-4-7(9)12(8)5-6/h3-5H,2H2,1H3. The summed E-state index contributed by atoms with van der Waals surface area (Å²) in [7, 11) is 0. The number of rotatable bonds is 1. The number of aryl methyl sites for hydroxylation is 1. The van der Waals surface area contributed by atoms with E-state index in [2.05, 4.69) is 32.8 Å². The van der Waals surface area contributed by atoms with E-state index in [1.807, 2.05) is 16.8 Å². The smallest absolute Gasteiger partial charge is 0.234 e. The van der Waals surface area contributed by atoms with Crippen molar-refractivity contribution in [3.63, 3.8) is 0 Å². The minimum absolute atomic E-state index is 0.735. The summed E-state index contributed by atoms with van der Waals surface area (Å²) in [6, 6.07) is 0. The molecule has 0 fully saturated rings. The fourth-order valence-electron chi connectivity index (χ4n) is 1.07. The molecule has 0 unspecified atom stereocenters. The summed E-state index contributed by atoms with van der Waals surface area (Å²) in [6.45, 7) is 2.10. The highest BCUT2D eigenvalue weighted by molar-refractivity contribution is 9.10. The van der Waals surface area contributed by atoms with Crippen LogP contribution in [-0.2, 0) is 6.42 Å². The molecule has 4 heteroatoms. The maximum absolute atomic E-state index is 4.19. The van der Waals surface area contributed by atoms with Crippen LogP contribution in [0.2, 0.25) is 0 Å². The van der Waals surface area contributed by atoms with Gasteiger partial charge < -0.3 is 0 Å². The molecule has 2 aromatic heterocycles. The van der Waals surface area contributed by atoms with Crippen LogP contribution in [0.4, 0.5) is 0 Å². The number of nitrogens with zero attached hydrogens (tertiary/aromatic N) is 3. The average Bonchev–Trinajstić information content (AvgIpc) is 2.47. The Labute approximate surface area is 78.6 Å². The molecular weight excluding hydrogens is 218 g/mol. The Morgan fingerprint density at radius 1 is 1.42 bits per heavy atom. The van der Waals surface area contributed by atoms with E-state index in [-0.39, 0.29) is 0 Å². The molecule has 0 saturated carbocycles. The minimum atomic E-state index is 0.735. The molecule has 0 spiro atoms. The molecule has 0 aliphatic heterocycles. The van der Waals surface area contributed by atoms with Gasteiger partial charge in [0.1, 0.15) is 4.60 Å². The van der Waals surface area contributed by atoms with Gasteiger partial charge in [-0.2, -0.15) is 0 Å². The highest BCUT2D eigenvalue weighted by Crippen LogP contribution is 2.11. The van der Waals surface area contributed by atoms with Crippen molar-refractivity contribution in [2.24, 2.45) is 0 Å². The molecule has 2 rings (SSSR count). The molecule has 0 saturated heterocycles. The summed E-state index contributed by atoms with van der Waals surface area (Å²) in [5.41, 5.74) is 1.21. The quantitative estimate of drug-likeness (QED) is 0.744. The van der Waals surface area contributed by atoms with Gasteiger partial charge in [0, 0.05) is 12.4 Å². The first-order valence-corrected chi connectivity index (χ1v) is 4.58. The van der Waals surface area contributed by atoms with Crippen molar-refractivity contribution < 1.29 is 0 Å². The Kier molecular flexibility index (Phi) is 1.84. The normalized spacial score (nSPS) is 10.8. The molecule has 0 N–H and O–H groups in total. The van der Waals surface area contributed by atoms with Crippen LogP contribution in [-0.4, -0.2) is 14.4 Å². The van der Waals surface area contributed by atoms with Gasteiger partial charge >= 0.3 is 0 Å². The minimum Gasteiger partial charge on any atom is -0.278 e. The van der Waals surface area contributed by atoms with E-state index >= 15 is 0 Å². The van der Waals surface area contributed by atoms with Crippen LogP contribution < -0.4 is 0 Å². The maximum atomic E-state index is 4.19. The van der Waals surface area contributed by atoms with Crippen LogP contribution in [0.1, 0.15) is 12.5 Å². The van der Waals surface area contributed by atoms with Crippen molar-refractivity contribution in [2.75, 3.05) is 0 Å². The Bertz CT molecular complexity index is 408. The molecule has 62 valence electrons. The number of hydrogen-bond donors (Lipinski definition) is 0. The molecule has 0 bridgehead atoms. The first-order valence-electron chi connectivity index (χ1n) is 3.78. The van der Waals surface area contributed by atoms with Crippen molar-refractivity contribution in [1.82, 2.24) is 14.4 Å². The molecule has 2 heterocycles. The number of hydrogen-bond acceptors (Lipinski definition) is 2. The number of halogens is 1. The topological polar surface area (TPSA) is 30.2 Å². The molecule has 0 atom stereocenters. The zero-order valence-electron chi connectivity index (χ0n) is 6.66. The molecule has 0 radical (unpaired) electrons. The highest BCUT2D eigenvalue weighted by atomic mass is 79.9. The van der Waals surface area contributed by atoms with Gasteiger partial charge in [0.05, 0.1) is 6.20 Å². The lowest BCUT2D eigenvalue weighted by molar-refractivity contribution is 1.01. The van der Waals surface area contributed by atoms with Gasteiger partial charge in [-0.1, -0.05) is 6.92 Å². The van der Waals surface area contributed by atoms with Gasteiger partial charge in [0.15, 0.2) is 0 Å². The van der Waals surface area contributed by atoms with Gasteiger partial charge in [-0.05, 0) is 27.9 Å². The summed E-state index contributed by atoms with van der Waals surface area (Å²) < 4.78 is 2.87. The highest BCUT2D eigenvalue weighted by Gasteiger charge is 2.00. The second-order valence-electron chi connectivity index (χ2n) is 2.57. The SMILES string of the molecule is CCc1cnc2ncc(Br)n2c1. The van der Waals surface area contributed by atoms with Gasteiger partial charge in [-0.15, -0.1) is 0 Å². The predicted molar refractivity (Wildman–Crippen MR) is 50.1 cm³/mol. The summed E-state index contributed by atoms with van der Waals surface area (Å²) in [5, 5.41) is 0. The molecule has 0 aliphatic rings. The fraction of sp³-hybridized carbons (Fsp3) is 0.250. The van der Waals surface area contributed by atoms with E-state index in [0.717, 1.165) is 16.8 Å². The molecule has 0 aliphatic carbocycles. The van der Waals surface area contributed by atoms with Gasteiger partial charge in [-0.25, -0.2) is 9.97 Å². The maximum Gasteiger partial charge on any atom is 0.234 e. The Morgan fingerprint density at radius 2 is 2.17 bits per heavy atom. The third kappa shape index (κ3) is 1.12. The Morgan fingerprint density at radius 3 is 2.92 bits per heavy atom. The number of aromatic nitrogens is 3. The van der Waals surface area contributed by atoms with Crippen LogP contribution in [0.3, 0.4) is 0 Å². The molecule has 0 aromatic carbocycles. The van der Waals surface area contributed by atoms with Gasteiger partial charge in [0.25, 0.3) is 0 Å². The van der Waals surface area contributed by atoms with Crippen molar-refractivity contribution in [1.29, 1.82) is 0 Å². The van der Waals surface area contributed by atoms with Gasteiger partial charge in [0.2, 0.25) is 5.78 Å². The molecule has 3 nitrogen and oxygen atoms in total. The molecule has 0 amide bonds. The van der Waals surface area contributed by atoms with Crippen molar-refractivity contribution in [3.8, 4) is 0 Å². The van der Waals surface area contributed by atoms with Crippen LogP contribution in [0.25, 0.3) is 5.78 Å². The summed E-state index contributed by atoms with van der Waals surface area (Å²) in [6.07, 6.45) is 6.64. The Balaban J connectivity index is 2.71. The predicted octanol–water partition coefficient (Wildman–Crippen LogP) is 2.05. The van der Waals surface area contributed by atoms with E-state index in [9.17, 15) is 0 Å². The van der Waals surface area contributed by atoms with Gasteiger partial charge in [-0.3, -0.25) is 4.40 Å². The van der Waals surface area contributed by atoms with E-state index in [1.54, 1.807) is 6.20 Å². The zero-order valence-corrected chi connectivity index (χ0v) is 8.24. The van der Waals surface area contributed by atoms with Crippen molar-refractivity contribution in [3.05, 3.63) is 28.8 Å². The molecule has 2 aromatic rings.